The molecular weight excluding hydrogens is 276 g/mol. The molecule has 2 nitrogen and oxygen atoms in total. The fraction of sp³-hybridized carbons (Fsp3) is 0.833. The van der Waals surface area contributed by atoms with E-state index in [1.165, 1.54) is 11.4 Å². The van der Waals surface area contributed by atoms with Gasteiger partial charge in [-0.25, -0.2) is 0 Å². The second-order valence-corrected chi connectivity index (χ2v) is 10.4. The summed E-state index contributed by atoms with van der Waals surface area (Å²) in [5, 5.41) is 0. The molecule has 0 fully saturated rings. The van der Waals surface area contributed by atoms with Crippen molar-refractivity contribution in [2.24, 2.45) is 16.2 Å². The molecule has 1 aromatic rings. The highest BCUT2D eigenvalue weighted by atomic mass is 32.1. The Morgan fingerprint density at radius 1 is 0.857 bits per heavy atom. The van der Waals surface area contributed by atoms with Crippen LogP contribution in [0.5, 0.6) is 0 Å². The molecule has 0 atom stereocenters. The summed E-state index contributed by atoms with van der Waals surface area (Å²) in [5.74, 6) is 0. The fourth-order valence-electron chi connectivity index (χ4n) is 3.33. The first-order valence-electron chi connectivity index (χ1n) is 8.10. The molecule has 1 aliphatic rings. The van der Waals surface area contributed by atoms with Gasteiger partial charge in [-0.3, -0.25) is 0 Å². The predicted octanol–water partition coefficient (Wildman–Crippen LogP) is 5.24. The van der Waals surface area contributed by atoms with E-state index in [0.717, 1.165) is 30.7 Å². The van der Waals surface area contributed by atoms with Crippen LogP contribution in [0.4, 0.5) is 0 Å². The molecule has 0 spiro atoms. The molecule has 0 aromatic carbocycles. The summed E-state index contributed by atoms with van der Waals surface area (Å²) in [7, 11) is 0. The molecular formula is C18H32N2S. The van der Waals surface area contributed by atoms with Crippen molar-refractivity contribution in [2.75, 3.05) is 0 Å². The third-order valence-corrected chi connectivity index (χ3v) is 4.44. The molecule has 0 saturated carbocycles. The van der Waals surface area contributed by atoms with Crippen molar-refractivity contribution in [3.63, 3.8) is 0 Å². The lowest BCUT2D eigenvalue weighted by atomic mass is 9.90. The number of rotatable bonds is 2. The Kier molecular flexibility index (Phi) is 3.98. The normalized spacial score (nSPS) is 18.1. The van der Waals surface area contributed by atoms with E-state index in [-0.39, 0.29) is 10.8 Å². The molecule has 1 aromatic heterocycles. The first-order valence-corrected chi connectivity index (χ1v) is 8.51. The summed E-state index contributed by atoms with van der Waals surface area (Å²) in [6, 6.07) is 0. The van der Waals surface area contributed by atoms with E-state index in [4.69, 9.17) is 12.2 Å². The van der Waals surface area contributed by atoms with Gasteiger partial charge in [0.2, 0.25) is 0 Å². The Bertz CT molecular complexity index is 540. The molecule has 120 valence electrons. The van der Waals surface area contributed by atoms with Gasteiger partial charge in [0.25, 0.3) is 0 Å². The average Bonchev–Trinajstić information content (AvgIpc) is 2.63. The molecule has 0 saturated heterocycles. The van der Waals surface area contributed by atoms with Crippen LogP contribution in [0.25, 0.3) is 0 Å². The molecule has 1 aliphatic carbocycles. The van der Waals surface area contributed by atoms with Crippen LogP contribution in [0.1, 0.15) is 66.8 Å². The van der Waals surface area contributed by atoms with Gasteiger partial charge in [-0.05, 0) is 41.3 Å². The highest BCUT2D eigenvalue weighted by Crippen LogP contribution is 2.39. The van der Waals surface area contributed by atoms with Crippen LogP contribution in [0.15, 0.2) is 0 Å². The lowest BCUT2D eigenvalue weighted by Crippen LogP contribution is -2.22. The number of nitrogens with zero attached hydrogens (tertiary/aromatic N) is 2. The fourth-order valence-corrected chi connectivity index (χ4v) is 3.68. The maximum absolute atomic E-state index is 5.84. The van der Waals surface area contributed by atoms with Crippen LogP contribution in [0.3, 0.4) is 0 Å². The van der Waals surface area contributed by atoms with Crippen LogP contribution in [-0.4, -0.2) is 9.13 Å². The summed E-state index contributed by atoms with van der Waals surface area (Å²) < 4.78 is 5.87. The van der Waals surface area contributed by atoms with Gasteiger partial charge in [0.1, 0.15) is 0 Å². The third kappa shape index (κ3) is 3.80. The van der Waals surface area contributed by atoms with Gasteiger partial charge in [0.05, 0.1) is 0 Å². The van der Waals surface area contributed by atoms with Crippen molar-refractivity contribution in [3.05, 3.63) is 16.2 Å². The minimum atomic E-state index is 0.257. The minimum absolute atomic E-state index is 0.257. The molecule has 21 heavy (non-hydrogen) atoms. The highest BCUT2D eigenvalue weighted by Gasteiger charge is 2.35. The average molecular weight is 309 g/mol. The number of hydrogen-bond donors (Lipinski definition) is 0. The van der Waals surface area contributed by atoms with Gasteiger partial charge in [-0.15, -0.1) is 0 Å². The molecule has 1 heterocycles. The Labute approximate surface area is 135 Å². The van der Waals surface area contributed by atoms with E-state index >= 15 is 0 Å². The predicted molar refractivity (Wildman–Crippen MR) is 93.4 cm³/mol. The van der Waals surface area contributed by atoms with Crippen molar-refractivity contribution < 1.29 is 0 Å². The second-order valence-electron chi connectivity index (χ2n) is 9.99. The second kappa shape index (κ2) is 4.97. The zero-order valence-electron chi connectivity index (χ0n) is 15.1. The number of imidazole rings is 1. The largest absolute Gasteiger partial charge is 0.320 e. The van der Waals surface area contributed by atoms with E-state index in [9.17, 15) is 0 Å². The van der Waals surface area contributed by atoms with Gasteiger partial charge < -0.3 is 9.13 Å². The molecule has 0 amide bonds. The monoisotopic (exact) mass is 308 g/mol. The van der Waals surface area contributed by atoms with Crippen LogP contribution in [0, 0.1) is 21.0 Å². The Hall–Kier alpha value is -0.570. The molecule has 0 bridgehead atoms. The SMILES string of the molecule is CC(C)(C)Cn1c2c(n(CC(C)(C)C)c1=S)CC(C)(C)C2. The van der Waals surface area contributed by atoms with E-state index in [1.807, 2.05) is 0 Å². The van der Waals surface area contributed by atoms with Crippen molar-refractivity contribution in [1.29, 1.82) is 0 Å². The van der Waals surface area contributed by atoms with Gasteiger partial charge in [0, 0.05) is 24.5 Å². The van der Waals surface area contributed by atoms with E-state index in [2.05, 4.69) is 64.5 Å². The topological polar surface area (TPSA) is 9.86 Å². The van der Waals surface area contributed by atoms with Crippen LogP contribution in [0.2, 0.25) is 0 Å². The van der Waals surface area contributed by atoms with Crippen molar-refractivity contribution in [2.45, 2.75) is 81.3 Å². The maximum atomic E-state index is 5.84. The summed E-state index contributed by atoms with van der Waals surface area (Å²) >= 11 is 5.84. The summed E-state index contributed by atoms with van der Waals surface area (Å²) in [6.07, 6.45) is 2.30. The molecule has 0 N–H and O–H groups in total. The summed E-state index contributed by atoms with van der Waals surface area (Å²) in [4.78, 5) is 0. The van der Waals surface area contributed by atoms with Crippen LogP contribution < -0.4 is 0 Å². The standard InChI is InChI=1S/C18H32N2S/c1-16(2,3)11-19-13-9-18(7,8)10-14(13)20(15(19)21)12-17(4,5)6/h9-12H2,1-8H3. The number of fused-ring (bicyclic) bond motifs is 1. The molecule has 0 unspecified atom stereocenters. The van der Waals surface area contributed by atoms with Gasteiger partial charge in [-0.2, -0.15) is 0 Å². The van der Waals surface area contributed by atoms with Gasteiger partial charge in [-0.1, -0.05) is 55.4 Å². The zero-order valence-corrected chi connectivity index (χ0v) is 15.9. The van der Waals surface area contributed by atoms with Crippen LogP contribution >= 0.6 is 12.2 Å². The molecule has 3 heteroatoms. The van der Waals surface area contributed by atoms with Gasteiger partial charge in [0.15, 0.2) is 4.77 Å². The smallest absolute Gasteiger partial charge is 0.180 e. The Morgan fingerprint density at radius 3 is 1.48 bits per heavy atom. The lowest BCUT2D eigenvalue weighted by Gasteiger charge is -2.24. The molecule has 0 radical (unpaired) electrons. The van der Waals surface area contributed by atoms with Crippen molar-refractivity contribution in [3.8, 4) is 0 Å². The third-order valence-electron chi connectivity index (χ3n) is 4.00. The first kappa shape index (κ1) is 16.8. The number of hydrogen-bond acceptors (Lipinski definition) is 1. The van der Waals surface area contributed by atoms with E-state index in [0.29, 0.717) is 5.41 Å². The van der Waals surface area contributed by atoms with Gasteiger partial charge >= 0.3 is 0 Å². The minimum Gasteiger partial charge on any atom is -0.320 e. The quantitative estimate of drug-likeness (QED) is 0.680. The molecule has 0 aliphatic heterocycles. The van der Waals surface area contributed by atoms with Crippen molar-refractivity contribution in [1.82, 2.24) is 9.13 Å². The highest BCUT2D eigenvalue weighted by molar-refractivity contribution is 7.71. The molecule has 2 rings (SSSR count). The lowest BCUT2D eigenvalue weighted by molar-refractivity contribution is 0.304. The van der Waals surface area contributed by atoms with Crippen molar-refractivity contribution >= 4 is 12.2 Å². The Balaban J connectivity index is 2.54. The van der Waals surface area contributed by atoms with E-state index < -0.39 is 0 Å². The first-order chi connectivity index (χ1) is 9.29. The van der Waals surface area contributed by atoms with E-state index in [1.54, 1.807) is 0 Å². The zero-order chi connectivity index (χ0) is 16.2. The maximum Gasteiger partial charge on any atom is 0.180 e. The summed E-state index contributed by atoms with van der Waals surface area (Å²) in [5.41, 5.74) is 3.86. The number of aromatic nitrogens is 2. The van der Waals surface area contributed by atoms with Crippen LogP contribution in [-0.2, 0) is 25.9 Å². The summed E-state index contributed by atoms with van der Waals surface area (Å²) in [6.45, 7) is 20.5. The Morgan fingerprint density at radius 2 is 1.19 bits per heavy atom.